The van der Waals surface area contributed by atoms with E-state index in [4.69, 9.17) is 17.2 Å². The molecule has 6 aromatic carbocycles. The Morgan fingerprint density at radius 2 is 0.861 bits per heavy atom. The number of amides is 15. The summed E-state index contributed by atoms with van der Waals surface area (Å²) in [6.07, 6.45) is -3.85. The summed E-state index contributed by atoms with van der Waals surface area (Å²) in [6.45, 7) is 8.11. The topological polar surface area (TPSA) is 577 Å². The molecule has 122 heavy (non-hydrogen) atoms. The summed E-state index contributed by atoms with van der Waals surface area (Å²) in [7, 11) is 0. The van der Waals surface area contributed by atoms with Crippen LogP contribution < -0.4 is 81.0 Å². The number of fused-ring (bicyclic) bond motifs is 2. The molecule has 38 heteroatoms. The molecule has 0 unspecified atom stereocenters. The van der Waals surface area contributed by atoms with Gasteiger partial charge in [-0.3, -0.25) is 81.5 Å². The Kier molecular flexibility index (Phi) is 35.8. The molecule has 0 aliphatic carbocycles. The van der Waals surface area contributed by atoms with Gasteiger partial charge in [-0.15, -0.1) is 0 Å². The summed E-state index contributed by atoms with van der Waals surface area (Å²) in [5, 5.41) is 62.3. The van der Waals surface area contributed by atoms with Crippen molar-refractivity contribution in [1.29, 1.82) is 0 Å². The van der Waals surface area contributed by atoms with E-state index in [-0.39, 0.29) is 58.0 Å². The van der Waals surface area contributed by atoms with E-state index in [1.807, 2.05) is 12.1 Å². The standard InChI is InChI=1S/C84H106N16O20S2/c1-45(88-46(2)102)71(109)96-64(42-101)79(117)94-62(39-69(106)107)77(115)97-65(43-121)80(118)92-60(36-54-22-14-21-52-19-12-13-23-55(52)54)75(113)95-63(40-83(3,4)5)78(116)91-57(34-48-24-26-49(41-85)27-25-48)72(110)90-58(35-50-28-29-51-18-10-11-20-53(51)32-50)73(111)93-61(37-67(86)103)76(114)98-66(44-122)81(119)100-31-15-30-84(100,6)82(120)99-59(33-47-16-8-7-9-17-47)74(112)89-56(70(87)108)38-68(104)105/h7-14,16-29,32,45,56-66,101,121-122H,15,30-31,33-44,85H2,1-6H3,(H2,86,103)(H2,87,108)(H,88,102)(H,89,112)(H,90,110)(H,91,116)(H,92,118)(H,93,111)(H,94,117)(H,95,113)(H,96,109)(H,97,115)(H,98,114)(H,99,120)(H,104,105)(H,106,107)/t45-,56+,57+,58+,59+,60+,61+,62+,63+,64+,65+,66+,84+/m1/s1. The third-order valence-electron chi connectivity index (χ3n) is 20.2. The fourth-order valence-corrected chi connectivity index (χ4v) is 14.3. The number of aliphatic carboxylic acids is 2. The highest BCUT2D eigenvalue weighted by molar-refractivity contribution is 7.80. The lowest BCUT2D eigenvalue weighted by molar-refractivity contribution is -0.147. The van der Waals surface area contributed by atoms with Gasteiger partial charge in [-0.05, 0) is 87.9 Å². The minimum Gasteiger partial charge on any atom is -0.481 e. The van der Waals surface area contributed by atoms with Gasteiger partial charge in [-0.25, -0.2) is 0 Å². The van der Waals surface area contributed by atoms with Crippen LogP contribution in [0.25, 0.3) is 21.5 Å². The van der Waals surface area contributed by atoms with E-state index in [2.05, 4.69) is 89.1 Å². The van der Waals surface area contributed by atoms with Gasteiger partial charge in [-0.1, -0.05) is 160 Å². The number of nitrogens with one attached hydrogen (secondary N) is 12. The number of nitrogens with two attached hydrogens (primary N) is 3. The number of aliphatic hydroxyl groups excluding tert-OH is 1. The van der Waals surface area contributed by atoms with Crippen molar-refractivity contribution in [1.82, 2.24) is 68.7 Å². The maximum absolute atomic E-state index is 15.5. The molecule has 21 N–H and O–H groups in total. The van der Waals surface area contributed by atoms with E-state index in [0.29, 0.717) is 38.6 Å². The van der Waals surface area contributed by atoms with Gasteiger partial charge in [0.1, 0.15) is 78.0 Å². The molecule has 0 radical (unpaired) electrons. The van der Waals surface area contributed by atoms with E-state index in [0.717, 1.165) is 22.6 Å². The number of carbonyl (C=O) groups is 17. The number of carboxylic acids is 2. The fraction of sp³-hybridized carbons (Fsp3) is 0.417. The minimum absolute atomic E-state index is 0.0182. The first-order chi connectivity index (χ1) is 57.7. The normalized spacial score (nSPS) is 16.1. The maximum Gasteiger partial charge on any atom is 0.305 e. The number of thiol groups is 2. The van der Waals surface area contributed by atoms with Crippen LogP contribution in [0.15, 0.2) is 140 Å². The van der Waals surface area contributed by atoms with Crippen molar-refractivity contribution >= 4 is 147 Å². The molecule has 6 aromatic rings. The number of likely N-dealkylation sites (tertiary alicyclic amines) is 1. The van der Waals surface area contributed by atoms with Gasteiger partial charge in [0.05, 0.1) is 25.9 Å². The molecular weight excluding hydrogens is 1620 g/mol. The van der Waals surface area contributed by atoms with Crippen molar-refractivity contribution in [3.05, 3.63) is 167 Å². The molecule has 13 atom stereocenters. The highest BCUT2D eigenvalue weighted by Gasteiger charge is 2.49. The molecule has 1 saturated heterocycles. The summed E-state index contributed by atoms with van der Waals surface area (Å²) in [5.74, 6) is -19.2. The van der Waals surface area contributed by atoms with Crippen LogP contribution in [0.4, 0.5) is 0 Å². The number of rotatable bonds is 44. The van der Waals surface area contributed by atoms with Gasteiger partial charge < -0.3 is 101 Å². The number of hydrogen-bond acceptors (Lipinski definition) is 21. The largest absolute Gasteiger partial charge is 0.481 e. The number of carbonyl (C=O) groups excluding carboxylic acids is 15. The molecule has 1 aliphatic rings. The van der Waals surface area contributed by atoms with Crippen molar-refractivity contribution < 1.29 is 96.8 Å². The molecular formula is C84H106N16O20S2. The molecule has 15 amide bonds. The van der Waals surface area contributed by atoms with E-state index in [1.54, 1.807) is 148 Å². The monoisotopic (exact) mass is 1720 g/mol. The van der Waals surface area contributed by atoms with Gasteiger partial charge in [0.25, 0.3) is 0 Å². The molecule has 0 bridgehead atoms. The Morgan fingerprint density at radius 3 is 1.40 bits per heavy atom. The zero-order valence-corrected chi connectivity index (χ0v) is 70.0. The zero-order chi connectivity index (χ0) is 89.9. The fourth-order valence-electron chi connectivity index (χ4n) is 13.8. The van der Waals surface area contributed by atoms with Crippen molar-refractivity contribution in [2.75, 3.05) is 24.7 Å². The Morgan fingerprint density at radius 1 is 0.443 bits per heavy atom. The van der Waals surface area contributed by atoms with Crippen LogP contribution in [0.5, 0.6) is 0 Å². The van der Waals surface area contributed by atoms with Crippen LogP contribution in [-0.4, -0.2) is 223 Å². The first-order valence-electron chi connectivity index (χ1n) is 39.3. The second-order valence-electron chi connectivity index (χ2n) is 31.2. The molecule has 654 valence electrons. The highest BCUT2D eigenvalue weighted by Crippen LogP contribution is 2.31. The van der Waals surface area contributed by atoms with Crippen molar-refractivity contribution in [3.8, 4) is 0 Å². The van der Waals surface area contributed by atoms with Crippen LogP contribution >= 0.6 is 25.3 Å². The van der Waals surface area contributed by atoms with Crippen molar-refractivity contribution in [2.24, 2.45) is 22.6 Å². The smallest absolute Gasteiger partial charge is 0.305 e. The Hall–Kier alpha value is -12.5. The summed E-state index contributed by atoms with van der Waals surface area (Å²) in [6, 6.07) is 20.0. The number of aliphatic hydroxyl groups is 1. The molecule has 36 nitrogen and oxygen atoms in total. The van der Waals surface area contributed by atoms with Gasteiger partial charge in [-0.2, -0.15) is 25.3 Å². The molecule has 1 fully saturated rings. The zero-order valence-electron chi connectivity index (χ0n) is 68.2. The number of primary amides is 2. The van der Waals surface area contributed by atoms with Gasteiger partial charge >= 0.3 is 11.9 Å². The van der Waals surface area contributed by atoms with E-state index < -0.39 is 221 Å². The number of benzene rings is 6. The molecule has 1 aliphatic heterocycles. The van der Waals surface area contributed by atoms with Gasteiger partial charge in [0.2, 0.25) is 88.6 Å². The lowest BCUT2D eigenvalue weighted by atomic mass is 9.87. The summed E-state index contributed by atoms with van der Waals surface area (Å²) < 4.78 is 0. The average molecular weight is 1720 g/mol. The van der Waals surface area contributed by atoms with Crippen LogP contribution in [-0.2, 0) is 114 Å². The Labute approximate surface area is 714 Å². The lowest BCUT2D eigenvalue weighted by Gasteiger charge is -2.37. The molecule has 7 rings (SSSR count). The number of nitrogens with zero attached hydrogens (tertiary/aromatic N) is 1. The van der Waals surface area contributed by atoms with E-state index in [9.17, 15) is 77.6 Å². The Bertz CT molecular complexity index is 4840. The summed E-state index contributed by atoms with van der Waals surface area (Å²) in [5.41, 5.74) is 17.3. The van der Waals surface area contributed by atoms with Crippen molar-refractivity contribution in [3.63, 3.8) is 0 Å². The second-order valence-corrected chi connectivity index (χ2v) is 31.9. The predicted molar refractivity (Wildman–Crippen MR) is 454 cm³/mol. The third-order valence-corrected chi connectivity index (χ3v) is 21.0. The average Bonchev–Trinajstić information content (AvgIpc) is 1.61. The Balaban J connectivity index is 1.18. The quantitative estimate of drug-likeness (QED) is 0.0195. The first kappa shape index (κ1) is 96.6. The van der Waals surface area contributed by atoms with Crippen molar-refractivity contribution in [2.45, 2.75) is 190 Å². The molecule has 0 saturated carbocycles. The van der Waals surface area contributed by atoms with Crippen LogP contribution in [0.3, 0.4) is 0 Å². The molecule has 0 aromatic heterocycles. The third kappa shape index (κ3) is 28.6. The van der Waals surface area contributed by atoms with E-state index in [1.165, 1.54) is 13.8 Å². The number of hydrogen-bond donors (Lipinski definition) is 20. The summed E-state index contributed by atoms with van der Waals surface area (Å²) in [4.78, 5) is 236. The minimum atomic E-state index is -1.96. The van der Waals surface area contributed by atoms with Crippen LogP contribution in [0.2, 0.25) is 0 Å². The maximum atomic E-state index is 15.5. The predicted octanol–water partition coefficient (Wildman–Crippen LogP) is -1.44. The van der Waals surface area contributed by atoms with Gasteiger partial charge in [0, 0.05) is 57.2 Å². The van der Waals surface area contributed by atoms with Crippen LogP contribution in [0, 0.1) is 5.41 Å². The van der Waals surface area contributed by atoms with E-state index >= 15 is 19.2 Å². The second kappa shape index (κ2) is 45.2. The SMILES string of the molecule is CC(=O)N[C@H](C)C(=O)N[C@@H](CO)C(=O)N[C@@H](CC(=O)O)C(=O)N[C@@H](CS)C(=O)N[C@@H](Cc1cccc2ccccc12)C(=O)N[C@@H](CC(C)(C)C)C(=O)N[C@@H](Cc1ccc(CN)cc1)C(=O)N[C@@H](Cc1ccc2ccccc2c1)C(=O)N[C@@H](CC(N)=O)C(=O)N[C@@H](CS)C(=O)N1CCC[C@@]1(C)C(=O)N[C@@H](Cc1ccccc1)C(=O)N[C@@H](CC(=O)O)C(N)=O. The molecule has 0 spiro atoms. The summed E-state index contributed by atoms with van der Waals surface area (Å²) >= 11 is 8.70. The number of carboxylic acid groups (broad SMARTS) is 2. The molecule has 1 heterocycles. The highest BCUT2D eigenvalue weighted by atomic mass is 32.1. The van der Waals surface area contributed by atoms with Crippen LogP contribution in [0.1, 0.15) is 108 Å². The lowest BCUT2D eigenvalue weighted by Crippen LogP contribution is -2.64. The van der Waals surface area contributed by atoms with Gasteiger partial charge in [0.15, 0.2) is 0 Å². The first-order valence-corrected chi connectivity index (χ1v) is 40.5.